The van der Waals surface area contributed by atoms with Crippen LogP contribution in [0.3, 0.4) is 0 Å². The van der Waals surface area contributed by atoms with Crippen LogP contribution in [-0.4, -0.2) is 105 Å². The summed E-state index contributed by atoms with van der Waals surface area (Å²) >= 11 is 8.03. The Morgan fingerprint density at radius 2 is 0.986 bits per heavy atom. The molecular formula is C49H53ClIN18NaO4. The van der Waals surface area contributed by atoms with Crippen molar-refractivity contribution < 1.29 is 48.9 Å². The molecule has 0 spiro atoms. The largest absolute Gasteiger partial charge is 1.00 e. The van der Waals surface area contributed by atoms with Crippen molar-refractivity contribution in [1.29, 1.82) is 0 Å². The maximum absolute atomic E-state index is 8.25. The molecular weight excluding hydrogens is 1090 g/mol. The third-order valence-corrected chi connectivity index (χ3v) is 10.0. The smallest absolute Gasteiger partial charge is 0.857 e. The van der Waals surface area contributed by atoms with Crippen molar-refractivity contribution >= 4 is 102 Å². The van der Waals surface area contributed by atoms with Crippen LogP contribution in [0.15, 0.2) is 122 Å². The number of halogens is 2. The minimum absolute atomic E-state index is 0. The van der Waals surface area contributed by atoms with E-state index in [1.165, 1.54) is 12.4 Å². The first-order chi connectivity index (χ1) is 34.8. The first-order valence-corrected chi connectivity index (χ1v) is 22.6. The van der Waals surface area contributed by atoms with Crippen molar-refractivity contribution in [3.8, 4) is 17.4 Å². The van der Waals surface area contributed by atoms with Gasteiger partial charge < -0.3 is 41.0 Å². The molecule has 0 atom stereocenters. The molecule has 0 fully saturated rings. The molecule has 0 bridgehead atoms. The fourth-order valence-corrected chi connectivity index (χ4v) is 6.47. The number of rotatable bonds is 7. The van der Waals surface area contributed by atoms with Crippen LogP contribution in [0, 0.1) is 24.3 Å². The van der Waals surface area contributed by atoms with Gasteiger partial charge in [0.2, 0.25) is 23.7 Å². The van der Waals surface area contributed by atoms with Crippen molar-refractivity contribution in [3.05, 3.63) is 149 Å². The van der Waals surface area contributed by atoms with Gasteiger partial charge in [-0.15, -0.1) is 0 Å². The summed E-state index contributed by atoms with van der Waals surface area (Å²) < 4.78 is 15.8. The van der Waals surface area contributed by atoms with Crippen LogP contribution >= 0.6 is 34.2 Å². The van der Waals surface area contributed by atoms with Gasteiger partial charge in [-0.25, -0.2) is 69.8 Å². The number of methoxy groups -OCH3 is 3. The normalized spacial score (nSPS) is 9.72. The summed E-state index contributed by atoms with van der Waals surface area (Å²) in [5.41, 5.74) is 13.1. The third-order valence-electron chi connectivity index (χ3n) is 9.18. The monoisotopic (exact) mass is 1140 g/mol. The number of aryl methyl sites for hydroxylation is 3. The number of nitrogen functional groups attached to an aromatic ring is 2. The average molecular weight is 1140 g/mol. The van der Waals surface area contributed by atoms with Gasteiger partial charge in [0.25, 0.3) is 0 Å². The zero-order chi connectivity index (χ0) is 52.0. The molecule has 7 heterocycles. The Balaban J connectivity index is 0.000000252. The predicted octanol–water partition coefficient (Wildman–Crippen LogP) is 4.92. The van der Waals surface area contributed by atoms with E-state index in [-0.39, 0.29) is 42.9 Å². The van der Waals surface area contributed by atoms with Gasteiger partial charge in [0.15, 0.2) is 17.3 Å². The molecule has 0 saturated carbocycles. The minimum Gasteiger partial charge on any atom is -0.857 e. The molecule has 378 valence electrons. The Bertz CT molecular complexity index is 3250. The van der Waals surface area contributed by atoms with Crippen LogP contribution in [0.1, 0.15) is 24.9 Å². The Labute approximate surface area is 468 Å². The summed E-state index contributed by atoms with van der Waals surface area (Å²) in [7, 11) is 7.35. The maximum Gasteiger partial charge on any atom is 1.00 e. The second-order valence-corrected chi connectivity index (χ2v) is 15.7. The first-order valence-electron chi connectivity index (χ1n) is 21.2. The number of fused-ring (bicyclic) bond motifs is 3. The Morgan fingerprint density at radius 3 is 1.49 bits per heavy atom. The SMILES string of the molecule is C.COc1cnc(N(C)c2nc(C)nc3ccccc23)cn1.COc1cnc(N)nc1.COc1cnc(Nc2nc(C)nc3ccccc23)nc1.C[O-].Cc1nc(Cl)c2ccccc2n1.Nc1ncc(I)cn1.[Na+]. The molecule has 0 aliphatic rings. The number of nitrogens with one attached hydrogen (secondary N) is 1. The molecule has 0 unspecified atom stereocenters. The number of para-hydroxylation sites is 3. The molecule has 10 rings (SSSR count). The van der Waals surface area contributed by atoms with E-state index in [0.29, 0.717) is 57.7 Å². The third kappa shape index (κ3) is 18.3. The van der Waals surface area contributed by atoms with E-state index < -0.39 is 0 Å². The van der Waals surface area contributed by atoms with Crippen LogP contribution in [0.5, 0.6) is 17.4 Å². The molecule has 22 nitrogen and oxygen atoms in total. The van der Waals surface area contributed by atoms with E-state index in [2.05, 4.69) is 97.7 Å². The van der Waals surface area contributed by atoms with Gasteiger partial charge in [0.1, 0.15) is 34.3 Å². The Morgan fingerprint density at radius 1 is 0.541 bits per heavy atom. The zero-order valence-corrected chi connectivity index (χ0v) is 46.2. The van der Waals surface area contributed by atoms with Crippen molar-refractivity contribution in [3.63, 3.8) is 0 Å². The van der Waals surface area contributed by atoms with Crippen LogP contribution in [0.2, 0.25) is 5.15 Å². The molecule has 0 amide bonds. The van der Waals surface area contributed by atoms with E-state index in [1.807, 2.05) is 106 Å². The van der Waals surface area contributed by atoms with Crippen LogP contribution < -0.4 is 70.6 Å². The van der Waals surface area contributed by atoms with E-state index in [0.717, 1.165) is 55.0 Å². The van der Waals surface area contributed by atoms with E-state index in [4.69, 9.17) is 42.4 Å². The molecule has 10 aromatic rings. The average Bonchev–Trinajstić information content (AvgIpc) is 3.41. The fourth-order valence-electron chi connectivity index (χ4n) is 5.91. The van der Waals surface area contributed by atoms with Crippen LogP contribution in [-0.2, 0) is 0 Å². The van der Waals surface area contributed by atoms with Gasteiger partial charge in [0.05, 0.1) is 75.1 Å². The number of ether oxygens (including phenoxy) is 3. The number of hydrogen-bond acceptors (Lipinski definition) is 22. The number of benzene rings is 3. The summed E-state index contributed by atoms with van der Waals surface area (Å²) in [5.74, 6) is 7.07. The first kappa shape index (κ1) is 60.9. The van der Waals surface area contributed by atoms with Crippen molar-refractivity contribution in [2.45, 2.75) is 28.2 Å². The van der Waals surface area contributed by atoms with Gasteiger partial charge in [-0.1, -0.05) is 55.4 Å². The zero-order valence-electron chi connectivity index (χ0n) is 41.3. The number of anilines is 6. The molecule has 3 aromatic carbocycles. The Kier molecular flexibility index (Phi) is 25.7. The van der Waals surface area contributed by atoms with Gasteiger partial charge in [-0.3, -0.25) is 0 Å². The molecule has 25 heteroatoms. The minimum atomic E-state index is 0. The number of aromatic nitrogens is 14. The molecule has 74 heavy (non-hydrogen) atoms. The summed E-state index contributed by atoms with van der Waals surface area (Å²) in [5, 5.41) is 14.7. The van der Waals surface area contributed by atoms with E-state index >= 15 is 0 Å². The van der Waals surface area contributed by atoms with Crippen molar-refractivity contribution in [1.82, 2.24) is 69.8 Å². The number of hydrogen-bond donors (Lipinski definition) is 3. The quantitative estimate of drug-likeness (QED) is 0.108. The summed E-state index contributed by atoms with van der Waals surface area (Å²) in [6.45, 7) is 5.56. The molecule has 0 radical (unpaired) electrons. The predicted molar refractivity (Wildman–Crippen MR) is 291 cm³/mol. The number of nitrogens with two attached hydrogens (primary N) is 2. The summed E-state index contributed by atoms with van der Waals surface area (Å²) in [6, 6.07) is 23.4. The standard InChI is InChI=1S/C15H15N5O.C14H13N5O.C9H7ClN2.C5H7N3O.C4H4IN3.CH3O.CH4.Na/c1-10-18-12-7-5-4-6-11(12)15(19-10)20(2)13-8-17-14(21-3)9-16-13;1-9-17-12-6-4-3-5-11(12)13(18-9)19-14-15-7-10(20-2)8-16-14;1-6-11-8-5-3-2-4-7(8)9(10)12-6;1-9-4-2-7-5(6)8-3-4;5-3-1-7-4(6)8-2-3;1-2;;/h4-9H,1-3H3;3-8H,1-2H3,(H,15,16,17,18,19);2-5H,1H3;2-3H,1H3,(H2,6,7,8);1-2H,(H2,6,7,8);1H3;1H4;/q;;;;;-1;;+1. The van der Waals surface area contributed by atoms with E-state index in [1.54, 1.807) is 58.5 Å². The molecule has 0 aliphatic heterocycles. The van der Waals surface area contributed by atoms with Crippen molar-refractivity contribution in [2.75, 3.05) is 57.2 Å². The maximum atomic E-state index is 8.25. The second-order valence-electron chi connectivity index (χ2n) is 14.1. The van der Waals surface area contributed by atoms with Crippen molar-refractivity contribution in [2.24, 2.45) is 0 Å². The Hall–Kier alpha value is -7.42. The van der Waals surface area contributed by atoms with Gasteiger partial charge in [0, 0.05) is 39.2 Å². The van der Waals surface area contributed by atoms with Crippen LogP contribution in [0.25, 0.3) is 32.7 Å². The molecule has 0 saturated heterocycles. The van der Waals surface area contributed by atoms with Gasteiger partial charge >= 0.3 is 29.6 Å². The van der Waals surface area contributed by atoms with E-state index in [9.17, 15) is 0 Å². The topological polar surface area (TPSA) is 299 Å². The second kappa shape index (κ2) is 31.2. The number of nitrogens with zero attached hydrogens (tertiary/aromatic N) is 15. The van der Waals surface area contributed by atoms with Gasteiger partial charge in [-0.2, -0.15) is 7.11 Å². The molecule has 5 N–H and O–H groups in total. The molecule has 7 aromatic heterocycles. The summed E-state index contributed by atoms with van der Waals surface area (Å²) in [4.78, 5) is 59.7. The summed E-state index contributed by atoms with van der Waals surface area (Å²) in [6.07, 6.45) is 12.8. The van der Waals surface area contributed by atoms with Crippen LogP contribution in [0.4, 0.5) is 35.3 Å². The fraction of sp³-hybridized carbons (Fsp3) is 0.184. The molecule has 0 aliphatic carbocycles. The van der Waals surface area contributed by atoms with Gasteiger partial charge in [-0.05, 0) is 79.8 Å².